The van der Waals surface area contributed by atoms with Crippen molar-refractivity contribution in [1.29, 1.82) is 0 Å². The topological polar surface area (TPSA) is 20.2 Å². The zero-order valence-corrected chi connectivity index (χ0v) is 10.8. The van der Waals surface area contributed by atoms with Crippen LogP contribution in [0.2, 0.25) is 5.02 Å². The molecule has 94 valence electrons. The van der Waals surface area contributed by atoms with E-state index < -0.39 is 11.9 Å². The SMILES string of the molecule is Cc1ccccc1CC(O)c1cccc(F)c1Cl. The standard InChI is InChI=1S/C15H14ClFO/c1-10-5-2-3-6-11(10)9-14(18)12-7-4-8-13(17)15(12)16/h2-8,14,18H,9H2,1H3. The van der Waals surface area contributed by atoms with Crippen molar-refractivity contribution in [2.75, 3.05) is 0 Å². The largest absolute Gasteiger partial charge is 0.388 e. The van der Waals surface area contributed by atoms with Gasteiger partial charge in [0.05, 0.1) is 11.1 Å². The second kappa shape index (κ2) is 5.51. The van der Waals surface area contributed by atoms with Gasteiger partial charge in [-0.2, -0.15) is 0 Å². The van der Waals surface area contributed by atoms with Crippen LogP contribution in [-0.4, -0.2) is 5.11 Å². The smallest absolute Gasteiger partial charge is 0.142 e. The van der Waals surface area contributed by atoms with Gasteiger partial charge in [0, 0.05) is 12.0 Å². The van der Waals surface area contributed by atoms with E-state index in [0.29, 0.717) is 12.0 Å². The summed E-state index contributed by atoms with van der Waals surface area (Å²) in [6.07, 6.45) is -0.371. The molecule has 0 aliphatic rings. The van der Waals surface area contributed by atoms with Crippen molar-refractivity contribution in [3.05, 3.63) is 70.0 Å². The van der Waals surface area contributed by atoms with Crippen LogP contribution in [0.5, 0.6) is 0 Å². The number of rotatable bonds is 3. The van der Waals surface area contributed by atoms with E-state index in [-0.39, 0.29) is 5.02 Å². The Hall–Kier alpha value is -1.38. The lowest BCUT2D eigenvalue weighted by molar-refractivity contribution is 0.178. The molecule has 0 aliphatic carbocycles. The summed E-state index contributed by atoms with van der Waals surface area (Å²) in [5.41, 5.74) is 2.56. The molecule has 0 amide bonds. The van der Waals surface area contributed by atoms with Gasteiger partial charge in [-0.1, -0.05) is 48.0 Å². The zero-order valence-electron chi connectivity index (χ0n) is 10.0. The quantitative estimate of drug-likeness (QED) is 0.886. The molecular weight excluding hydrogens is 251 g/mol. The Balaban J connectivity index is 2.25. The Kier molecular flexibility index (Phi) is 4.00. The van der Waals surface area contributed by atoms with Crippen LogP contribution in [0.1, 0.15) is 22.8 Å². The summed E-state index contributed by atoms with van der Waals surface area (Å²) in [5.74, 6) is -0.502. The van der Waals surface area contributed by atoms with Gasteiger partial charge >= 0.3 is 0 Å². The van der Waals surface area contributed by atoms with Crippen LogP contribution in [0.3, 0.4) is 0 Å². The summed E-state index contributed by atoms with van der Waals surface area (Å²) in [7, 11) is 0. The molecule has 0 fully saturated rings. The van der Waals surface area contributed by atoms with E-state index in [1.165, 1.54) is 6.07 Å². The fourth-order valence-electron chi connectivity index (χ4n) is 1.94. The van der Waals surface area contributed by atoms with Gasteiger partial charge in [0.1, 0.15) is 5.82 Å². The average molecular weight is 265 g/mol. The molecule has 0 bridgehead atoms. The summed E-state index contributed by atoms with van der Waals surface area (Å²) in [6, 6.07) is 12.3. The minimum atomic E-state index is -0.797. The van der Waals surface area contributed by atoms with Crippen LogP contribution in [0.25, 0.3) is 0 Å². The first-order chi connectivity index (χ1) is 8.59. The summed E-state index contributed by atoms with van der Waals surface area (Å²) < 4.78 is 13.3. The second-order valence-electron chi connectivity index (χ2n) is 4.29. The highest BCUT2D eigenvalue weighted by Crippen LogP contribution is 2.28. The molecule has 0 aromatic heterocycles. The summed E-state index contributed by atoms with van der Waals surface area (Å²) in [4.78, 5) is 0. The Morgan fingerprint density at radius 2 is 1.89 bits per heavy atom. The van der Waals surface area contributed by atoms with Gasteiger partial charge in [0.2, 0.25) is 0 Å². The monoisotopic (exact) mass is 264 g/mol. The predicted octanol–water partition coefficient (Wildman–Crippen LogP) is 4.06. The number of aliphatic hydroxyl groups is 1. The molecule has 0 saturated heterocycles. The Morgan fingerprint density at radius 3 is 2.61 bits per heavy atom. The molecule has 1 nitrogen and oxygen atoms in total. The fraction of sp³-hybridized carbons (Fsp3) is 0.200. The molecule has 0 aliphatic heterocycles. The number of aryl methyl sites for hydroxylation is 1. The van der Waals surface area contributed by atoms with Crippen molar-refractivity contribution in [1.82, 2.24) is 0 Å². The highest BCUT2D eigenvalue weighted by Gasteiger charge is 2.15. The van der Waals surface area contributed by atoms with Gasteiger partial charge in [-0.15, -0.1) is 0 Å². The molecule has 1 atom stereocenters. The number of halogens is 2. The molecule has 0 saturated carbocycles. The molecule has 0 spiro atoms. The molecule has 0 radical (unpaired) electrons. The lowest BCUT2D eigenvalue weighted by Crippen LogP contribution is -2.04. The summed E-state index contributed by atoms with van der Waals surface area (Å²) in [6.45, 7) is 1.98. The van der Waals surface area contributed by atoms with Gasteiger partial charge < -0.3 is 5.11 Å². The van der Waals surface area contributed by atoms with Crippen LogP contribution >= 0.6 is 11.6 Å². The molecule has 2 aromatic carbocycles. The van der Waals surface area contributed by atoms with Gasteiger partial charge in [-0.3, -0.25) is 0 Å². The number of hydrogen-bond donors (Lipinski definition) is 1. The van der Waals surface area contributed by atoms with E-state index in [9.17, 15) is 9.50 Å². The fourth-order valence-corrected chi connectivity index (χ4v) is 2.19. The Labute approximate surface area is 111 Å². The highest BCUT2D eigenvalue weighted by molar-refractivity contribution is 6.31. The third-order valence-corrected chi connectivity index (χ3v) is 3.41. The third kappa shape index (κ3) is 2.71. The van der Waals surface area contributed by atoms with Gasteiger partial charge in [-0.05, 0) is 24.1 Å². The molecule has 0 heterocycles. The molecule has 3 heteroatoms. The summed E-state index contributed by atoms with van der Waals surface area (Å²) in [5, 5.41) is 10.2. The van der Waals surface area contributed by atoms with Crippen molar-refractivity contribution in [2.24, 2.45) is 0 Å². The lowest BCUT2D eigenvalue weighted by atomic mass is 9.98. The molecular formula is C15H14ClFO. The van der Waals surface area contributed by atoms with E-state index in [2.05, 4.69) is 0 Å². The van der Waals surface area contributed by atoms with E-state index in [1.54, 1.807) is 12.1 Å². The maximum Gasteiger partial charge on any atom is 0.142 e. The van der Waals surface area contributed by atoms with Crippen molar-refractivity contribution in [3.8, 4) is 0 Å². The minimum absolute atomic E-state index is 0.00131. The van der Waals surface area contributed by atoms with Crippen molar-refractivity contribution in [3.63, 3.8) is 0 Å². The zero-order chi connectivity index (χ0) is 13.1. The number of benzene rings is 2. The van der Waals surface area contributed by atoms with Crippen LogP contribution < -0.4 is 0 Å². The maximum atomic E-state index is 13.3. The average Bonchev–Trinajstić information content (AvgIpc) is 2.35. The number of hydrogen-bond acceptors (Lipinski definition) is 1. The van der Waals surface area contributed by atoms with E-state index in [4.69, 9.17) is 11.6 Å². The molecule has 1 unspecified atom stereocenters. The molecule has 1 N–H and O–H groups in total. The number of aliphatic hydroxyl groups excluding tert-OH is 1. The van der Waals surface area contributed by atoms with Crippen LogP contribution in [0.15, 0.2) is 42.5 Å². The minimum Gasteiger partial charge on any atom is -0.388 e. The predicted molar refractivity (Wildman–Crippen MR) is 71.3 cm³/mol. The van der Waals surface area contributed by atoms with Crippen LogP contribution in [0.4, 0.5) is 4.39 Å². The van der Waals surface area contributed by atoms with Gasteiger partial charge in [0.15, 0.2) is 0 Å². The Bertz CT molecular complexity index is 554. The van der Waals surface area contributed by atoms with E-state index in [0.717, 1.165) is 11.1 Å². The van der Waals surface area contributed by atoms with Crippen LogP contribution in [-0.2, 0) is 6.42 Å². The van der Waals surface area contributed by atoms with Gasteiger partial charge in [0.25, 0.3) is 0 Å². The second-order valence-corrected chi connectivity index (χ2v) is 4.67. The highest BCUT2D eigenvalue weighted by atomic mass is 35.5. The first kappa shape index (κ1) is 13.1. The van der Waals surface area contributed by atoms with Crippen molar-refractivity contribution in [2.45, 2.75) is 19.4 Å². The van der Waals surface area contributed by atoms with Crippen LogP contribution in [0, 0.1) is 12.7 Å². The molecule has 18 heavy (non-hydrogen) atoms. The lowest BCUT2D eigenvalue weighted by Gasteiger charge is -2.14. The third-order valence-electron chi connectivity index (χ3n) is 3.01. The molecule has 2 aromatic rings. The first-order valence-corrected chi connectivity index (χ1v) is 6.14. The van der Waals surface area contributed by atoms with E-state index >= 15 is 0 Å². The van der Waals surface area contributed by atoms with E-state index in [1.807, 2.05) is 31.2 Å². The van der Waals surface area contributed by atoms with Crippen molar-refractivity contribution >= 4 is 11.6 Å². The maximum absolute atomic E-state index is 13.3. The molecule has 2 rings (SSSR count). The van der Waals surface area contributed by atoms with Crippen molar-refractivity contribution < 1.29 is 9.50 Å². The first-order valence-electron chi connectivity index (χ1n) is 5.76. The Morgan fingerprint density at radius 1 is 1.17 bits per heavy atom. The summed E-state index contributed by atoms with van der Waals surface area (Å²) >= 11 is 5.86. The normalized spacial score (nSPS) is 12.4. The van der Waals surface area contributed by atoms with Gasteiger partial charge in [-0.25, -0.2) is 4.39 Å².